The van der Waals surface area contributed by atoms with E-state index < -0.39 is 11.9 Å². The Bertz CT molecular complexity index is 1550. The van der Waals surface area contributed by atoms with Gasteiger partial charge in [0.25, 0.3) is 0 Å². The minimum atomic E-state index is -0.541. The fourth-order valence-electron chi connectivity index (χ4n) is 5.72. The van der Waals surface area contributed by atoms with E-state index in [9.17, 15) is 14.0 Å². The van der Waals surface area contributed by atoms with Gasteiger partial charge in [-0.25, -0.2) is 9.18 Å². The maximum Gasteiger partial charge on any atom is 0.337 e. The Morgan fingerprint density at radius 2 is 1.83 bits per heavy atom. The molecule has 0 aromatic heterocycles. The molecule has 2 atom stereocenters. The number of hydrogen-bond donors (Lipinski definition) is 1. The molecule has 1 amide bonds. The first kappa shape index (κ1) is 38.9. The Labute approximate surface area is 294 Å². The lowest BCUT2D eigenvalue weighted by molar-refractivity contribution is -0.121. The smallest absolute Gasteiger partial charge is 0.337 e. The van der Waals surface area contributed by atoms with E-state index in [4.69, 9.17) is 32.7 Å². The number of nitrogens with one attached hydrogen (secondary N) is 1. The van der Waals surface area contributed by atoms with Crippen molar-refractivity contribution in [2.24, 2.45) is 4.99 Å². The second-order valence-electron chi connectivity index (χ2n) is 12.4. The van der Waals surface area contributed by atoms with Crippen LogP contribution in [-0.4, -0.2) is 75.0 Å². The standard InChI is InChI=1S/C23H27Cl2FN2O2.C14H20N2O2/c1-23(2,3)30-13-12-28-11-10-18(17-8-5-9-19(25)20(17)26)21(28)22(29)27-16-7-4-6-15(24)14-16;1-5-9-16(6-2)13-8-7-11(14(17)18-4)10-12(13)15-3/h4-9,14,18,21H,10-13H2,1-3H3,(H,27,29);7-8,10H,3,5-6,9H2,1-2,4H3. The number of aliphatic imine (C=N–C) groups is 1. The molecule has 4 rings (SSSR count). The van der Waals surface area contributed by atoms with Gasteiger partial charge in [0, 0.05) is 36.3 Å². The second-order valence-corrected chi connectivity index (χ2v) is 13.3. The summed E-state index contributed by atoms with van der Waals surface area (Å²) >= 11 is 12.1. The number of carbonyl (C=O) groups excluding carboxylic acids is 2. The molecule has 1 fully saturated rings. The number of methoxy groups -OCH3 is 1. The highest BCUT2D eigenvalue weighted by atomic mass is 35.5. The Hall–Kier alpha value is -3.50. The summed E-state index contributed by atoms with van der Waals surface area (Å²) in [4.78, 5) is 33.0. The minimum Gasteiger partial charge on any atom is -0.465 e. The van der Waals surface area contributed by atoms with Crippen molar-refractivity contribution in [1.29, 1.82) is 0 Å². The van der Waals surface area contributed by atoms with Crippen LogP contribution in [0, 0.1) is 5.82 Å². The number of nitrogens with zero attached hydrogens (tertiary/aromatic N) is 3. The van der Waals surface area contributed by atoms with Crippen LogP contribution in [0.25, 0.3) is 0 Å². The van der Waals surface area contributed by atoms with Crippen molar-refractivity contribution in [2.75, 3.05) is 50.1 Å². The first-order chi connectivity index (χ1) is 22.8. The van der Waals surface area contributed by atoms with E-state index in [0.29, 0.717) is 53.6 Å². The average Bonchev–Trinajstić information content (AvgIpc) is 3.47. The number of hydrogen-bond acceptors (Lipinski definition) is 7. The summed E-state index contributed by atoms with van der Waals surface area (Å²) < 4.78 is 25.3. The Morgan fingerprint density at radius 3 is 2.46 bits per heavy atom. The van der Waals surface area contributed by atoms with E-state index in [2.05, 4.69) is 40.7 Å². The fraction of sp³-hybridized carbons (Fsp3) is 0.432. The van der Waals surface area contributed by atoms with Crippen LogP contribution in [0.2, 0.25) is 10.0 Å². The van der Waals surface area contributed by atoms with Gasteiger partial charge in [-0.2, -0.15) is 0 Å². The maximum absolute atomic E-state index is 14.8. The summed E-state index contributed by atoms with van der Waals surface area (Å²) in [5.74, 6) is -1.32. The van der Waals surface area contributed by atoms with Crippen LogP contribution in [0.4, 0.5) is 21.5 Å². The van der Waals surface area contributed by atoms with E-state index in [1.54, 1.807) is 48.5 Å². The van der Waals surface area contributed by atoms with E-state index >= 15 is 0 Å². The number of anilines is 2. The van der Waals surface area contributed by atoms with Crippen LogP contribution in [-0.2, 0) is 14.3 Å². The minimum absolute atomic E-state index is 0.0658. The summed E-state index contributed by atoms with van der Waals surface area (Å²) in [6.45, 7) is 17.3. The lowest BCUT2D eigenvalue weighted by Gasteiger charge is -2.29. The molecule has 48 heavy (non-hydrogen) atoms. The molecule has 0 spiro atoms. The highest BCUT2D eigenvalue weighted by molar-refractivity contribution is 6.31. The zero-order chi connectivity index (χ0) is 35.4. The molecule has 1 saturated heterocycles. The maximum atomic E-state index is 14.8. The van der Waals surface area contributed by atoms with Crippen LogP contribution in [0.3, 0.4) is 0 Å². The number of ether oxygens (including phenoxy) is 2. The lowest BCUT2D eigenvalue weighted by atomic mass is 9.90. The fourth-order valence-corrected chi connectivity index (χ4v) is 6.09. The number of rotatable bonds is 12. The van der Waals surface area contributed by atoms with Crippen LogP contribution in [0.15, 0.2) is 65.7 Å². The molecule has 1 heterocycles. The van der Waals surface area contributed by atoms with E-state index in [1.807, 2.05) is 26.8 Å². The third kappa shape index (κ3) is 10.8. The molecule has 0 radical (unpaired) electrons. The Balaban J connectivity index is 0.000000297. The van der Waals surface area contributed by atoms with Gasteiger partial charge in [-0.05, 0) is 102 Å². The molecule has 0 aliphatic carbocycles. The number of amides is 1. The van der Waals surface area contributed by atoms with Gasteiger partial charge in [-0.3, -0.25) is 14.7 Å². The largest absolute Gasteiger partial charge is 0.465 e. The topological polar surface area (TPSA) is 83.5 Å². The van der Waals surface area contributed by atoms with Crippen molar-refractivity contribution in [3.05, 3.63) is 87.7 Å². The molecule has 1 aliphatic rings. The molecule has 1 aliphatic heterocycles. The average molecular weight is 702 g/mol. The van der Waals surface area contributed by atoms with Gasteiger partial charge in [0.15, 0.2) is 0 Å². The van der Waals surface area contributed by atoms with Crippen LogP contribution >= 0.6 is 23.2 Å². The zero-order valence-electron chi connectivity index (χ0n) is 28.7. The number of carbonyl (C=O) groups is 2. The molecule has 8 nitrogen and oxygen atoms in total. The summed E-state index contributed by atoms with van der Waals surface area (Å²) in [6, 6.07) is 16.8. The van der Waals surface area contributed by atoms with Gasteiger partial charge in [0.2, 0.25) is 5.91 Å². The molecular weight excluding hydrogens is 654 g/mol. The normalized spacial score (nSPS) is 16.1. The molecule has 3 aromatic carbocycles. The van der Waals surface area contributed by atoms with Crippen molar-refractivity contribution < 1.29 is 23.5 Å². The van der Waals surface area contributed by atoms with Gasteiger partial charge < -0.3 is 19.7 Å². The van der Waals surface area contributed by atoms with E-state index in [1.165, 1.54) is 13.2 Å². The van der Waals surface area contributed by atoms with Crippen LogP contribution in [0.1, 0.15) is 69.3 Å². The lowest BCUT2D eigenvalue weighted by Crippen LogP contribution is -2.44. The SMILES string of the molecule is C=Nc1cc(C(=O)OC)ccc1N(CC)CCC.CC(C)(C)OCCN1CCC(c2cccc(Cl)c2F)C1C(=O)Nc1cccc(Cl)c1. The van der Waals surface area contributed by atoms with Gasteiger partial charge in [0.05, 0.1) is 47.3 Å². The predicted molar refractivity (Wildman–Crippen MR) is 195 cm³/mol. The van der Waals surface area contributed by atoms with Crippen LogP contribution in [0.5, 0.6) is 0 Å². The monoisotopic (exact) mass is 700 g/mol. The quantitative estimate of drug-likeness (QED) is 0.150. The number of halogens is 3. The molecule has 260 valence electrons. The van der Waals surface area contributed by atoms with Crippen LogP contribution < -0.4 is 10.2 Å². The molecule has 11 heteroatoms. The highest BCUT2D eigenvalue weighted by Gasteiger charge is 2.41. The molecule has 2 unspecified atom stereocenters. The molecule has 3 aromatic rings. The Morgan fingerprint density at radius 1 is 1.10 bits per heavy atom. The molecular formula is C37H47Cl2FN4O4. The molecule has 0 saturated carbocycles. The number of esters is 1. The first-order valence-electron chi connectivity index (χ1n) is 16.2. The predicted octanol–water partition coefficient (Wildman–Crippen LogP) is 8.79. The number of benzene rings is 3. The zero-order valence-corrected chi connectivity index (χ0v) is 30.2. The summed E-state index contributed by atoms with van der Waals surface area (Å²) in [5, 5.41) is 3.53. The van der Waals surface area contributed by atoms with Gasteiger partial charge in [-0.15, -0.1) is 0 Å². The van der Waals surface area contributed by atoms with Gasteiger partial charge in [-0.1, -0.05) is 48.3 Å². The second kappa shape index (κ2) is 18.3. The summed E-state index contributed by atoms with van der Waals surface area (Å²) in [5.41, 5.74) is 3.02. The molecule has 0 bridgehead atoms. The number of likely N-dealkylation sites (tertiary alicyclic amines) is 1. The van der Waals surface area contributed by atoms with Crippen molar-refractivity contribution in [2.45, 2.75) is 65.0 Å². The first-order valence-corrected chi connectivity index (χ1v) is 16.9. The Kier molecular flexibility index (Phi) is 14.9. The summed E-state index contributed by atoms with van der Waals surface area (Å²) in [7, 11) is 1.37. The van der Waals surface area contributed by atoms with Crippen molar-refractivity contribution in [1.82, 2.24) is 4.90 Å². The van der Waals surface area contributed by atoms with Crippen molar-refractivity contribution >= 4 is 58.9 Å². The van der Waals surface area contributed by atoms with Crippen molar-refractivity contribution in [3.63, 3.8) is 0 Å². The third-order valence-corrected chi connectivity index (χ3v) is 8.47. The van der Waals surface area contributed by atoms with E-state index in [-0.39, 0.29) is 28.4 Å². The van der Waals surface area contributed by atoms with Gasteiger partial charge >= 0.3 is 5.97 Å². The molecule has 1 N–H and O–H groups in total. The van der Waals surface area contributed by atoms with E-state index in [0.717, 1.165) is 25.2 Å². The summed E-state index contributed by atoms with van der Waals surface area (Å²) in [6.07, 6.45) is 1.71. The highest BCUT2D eigenvalue weighted by Crippen LogP contribution is 2.37. The van der Waals surface area contributed by atoms with Crippen molar-refractivity contribution in [3.8, 4) is 0 Å². The van der Waals surface area contributed by atoms with Gasteiger partial charge in [0.1, 0.15) is 5.82 Å². The third-order valence-electron chi connectivity index (χ3n) is 7.94.